The summed E-state index contributed by atoms with van der Waals surface area (Å²) in [5, 5.41) is 2.23. The zero-order valence-electron chi connectivity index (χ0n) is 5.70. The fourth-order valence-corrected chi connectivity index (χ4v) is 0.891. The Morgan fingerprint density at radius 2 is 2.45 bits per heavy atom. The molecule has 11 heavy (non-hydrogen) atoms. The van der Waals surface area contributed by atoms with E-state index in [1.807, 2.05) is 12.0 Å². The average Bonchev–Trinajstić information content (AvgIpc) is 2.06. The monoisotopic (exact) mass is 163 g/mol. The van der Waals surface area contributed by atoms with Gasteiger partial charge >= 0.3 is 0 Å². The van der Waals surface area contributed by atoms with Crippen LogP contribution in [0.1, 0.15) is 6.42 Å². The molecule has 0 fully saturated rings. The molecule has 0 aromatic rings. The maximum Gasteiger partial charge on any atom is 0.128 e. The van der Waals surface area contributed by atoms with Crippen molar-refractivity contribution in [2.75, 3.05) is 0 Å². The molecule has 0 heterocycles. The summed E-state index contributed by atoms with van der Waals surface area (Å²) in [5.41, 5.74) is 1.25. The van der Waals surface area contributed by atoms with Crippen molar-refractivity contribution in [3.05, 3.63) is 29.5 Å². The largest absolute Gasteiger partial charge is 0.233 e. The lowest BCUT2D eigenvalue weighted by Crippen LogP contribution is -1.85. The van der Waals surface area contributed by atoms with Crippen LogP contribution in [-0.2, 0) is 4.79 Å². The molecule has 54 valence electrons. The van der Waals surface area contributed by atoms with Gasteiger partial charge in [0.25, 0.3) is 0 Å². The van der Waals surface area contributed by atoms with E-state index in [0.29, 0.717) is 17.7 Å². The summed E-state index contributed by atoms with van der Waals surface area (Å²) in [6.07, 6.45) is 5.90. The van der Waals surface area contributed by atoms with Crippen molar-refractivity contribution >= 4 is 23.3 Å². The molecule has 0 radical (unpaired) electrons. The number of nitrogens with zero attached hydrogens (tertiary/aromatic N) is 1. The lowest BCUT2D eigenvalue weighted by molar-refractivity contribution is 0.567. The molecule has 1 aliphatic carbocycles. The molecule has 0 atom stereocenters. The molecule has 0 saturated heterocycles. The van der Waals surface area contributed by atoms with Crippen LogP contribution in [-0.4, -0.2) is 11.1 Å². The molecule has 3 heteroatoms. The molecule has 0 unspecified atom stereocenters. The number of rotatable bonds is 1. The quantitative estimate of drug-likeness (QED) is 0.334. The van der Waals surface area contributed by atoms with Crippen LogP contribution in [0.3, 0.4) is 0 Å². The molecule has 2 nitrogen and oxygen atoms in total. The van der Waals surface area contributed by atoms with Crippen LogP contribution in [0.2, 0.25) is 0 Å². The maximum absolute atomic E-state index is 10.2. The lowest BCUT2D eigenvalue weighted by Gasteiger charge is -1.98. The summed E-state index contributed by atoms with van der Waals surface area (Å²) in [7, 11) is 0. The molecule has 0 spiro atoms. The third-order valence-corrected chi connectivity index (χ3v) is 1.35. The van der Waals surface area contributed by atoms with Crippen molar-refractivity contribution in [1.82, 2.24) is 0 Å². The highest BCUT2D eigenvalue weighted by molar-refractivity contribution is 7.78. The van der Waals surface area contributed by atoms with Gasteiger partial charge in [-0.25, -0.2) is 4.79 Å². The average molecular weight is 163 g/mol. The first-order valence-corrected chi connectivity index (χ1v) is 3.47. The summed E-state index contributed by atoms with van der Waals surface area (Å²) >= 11 is 4.41. The number of aliphatic imine (C=N–C) groups is 1. The Hall–Kier alpha value is -1.27. The van der Waals surface area contributed by atoms with Gasteiger partial charge in [-0.2, -0.15) is 4.99 Å². The smallest absolute Gasteiger partial charge is 0.128 e. The van der Waals surface area contributed by atoms with E-state index in [1.54, 1.807) is 12.2 Å². The first-order chi connectivity index (χ1) is 5.36. The Bertz CT molecular complexity index is 315. The van der Waals surface area contributed by atoms with E-state index in [0.717, 1.165) is 0 Å². The highest BCUT2D eigenvalue weighted by Crippen LogP contribution is 2.13. The van der Waals surface area contributed by atoms with Gasteiger partial charge in [0, 0.05) is 12.0 Å². The van der Waals surface area contributed by atoms with Gasteiger partial charge in [0.15, 0.2) is 0 Å². The maximum atomic E-state index is 10.2. The second-order valence-corrected chi connectivity index (χ2v) is 2.19. The van der Waals surface area contributed by atoms with E-state index >= 15 is 0 Å². The predicted molar refractivity (Wildman–Crippen MR) is 46.1 cm³/mol. The van der Waals surface area contributed by atoms with Crippen molar-refractivity contribution in [2.24, 2.45) is 4.99 Å². The third-order valence-electron chi connectivity index (χ3n) is 1.25. The van der Waals surface area contributed by atoms with Crippen molar-refractivity contribution in [1.29, 1.82) is 0 Å². The topological polar surface area (TPSA) is 29.4 Å². The number of allylic oxidation sites excluding steroid dienone is 4. The van der Waals surface area contributed by atoms with E-state index in [2.05, 4.69) is 22.4 Å². The fourth-order valence-electron chi connectivity index (χ4n) is 0.786. The fraction of sp³-hybridized carbons (Fsp3) is 0.125. The molecule has 0 aromatic carbocycles. The van der Waals surface area contributed by atoms with E-state index in [1.165, 1.54) is 0 Å². The van der Waals surface area contributed by atoms with Crippen molar-refractivity contribution < 1.29 is 4.79 Å². The normalized spacial score (nSPS) is 14.9. The van der Waals surface area contributed by atoms with Gasteiger partial charge in [0.05, 0.1) is 10.9 Å². The van der Waals surface area contributed by atoms with E-state index < -0.39 is 0 Å². The summed E-state index contributed by atoms with van der Waals surface area (Å²) in [4.78, 5) is 13.9. The van der Waals surface area contributed by atoms with Gasteiger partial charge in [0.2, 0.25) is 0 Å². The van der Waals surface area contributed by atoms with Crippen LogP contribution in [0, 0.1) is 0 Å². The number of thiocarbonyl (C=S) groups is 1. The first-order valence-electron chi connectivity index (χ1n) is 3.07. The number of hydrogen-bond acceptors (Lipinski definition) is 3. The van der Waals surface area contributed by atoms with Crippen LogP contribution in [0.25, 0.3) is 0 Å². The zero-order valence-corrected chi connectivity index (χ0v) is 6.52. The zero-order chi connectivity index (χ0) is 8.10. The van der Waals surface area contributed by atoms with Crippen molar-refractivity contribution in [3.8, 4) is 0 Å². The standard InChI is InChI=1S/C8H5NOS/c10-5-7-2-1-3-8(4-7)9-6-11/h1,3-4H,2H2. The van der Waals surface area contributed by atoms with Crippen LogP contribution >= 0.6 is 12.2 Å². The summed E-state index contributed by atoms with van der Waals surface area (Å²) in [6, 6.07) is 0. The second-order valence-electron chi connectivity index (χ2n) is 2.01. The Morgan fingerprint density at radius 1 is 1.64 bits per heavy atom. The Labute approximate surface area is 69.6 Å². The van der Waals surface area contributed by atoms with E-state index in [9.17, 15) is 4.79 Å². The number of carbonyl (C=O) groups excluding carboxylic acids is 1. The van der Waals surface area contributed by atoms with E-state index in [-0.39, 0.29) is 0 Å². The Morgan fingerprint density at radius 3 is 3.09 bits per heavy atom. The highest BCUT2D eigenvalue weighted by Gasteiger charge is 1.99. The summed E-state index contributed by atoms with van der Waals surface area (Å²) in [5.74, 6) is 1.81. The Kier molecular flexibility index (Phi) is 2.70. The lowest BCUT2D eigenvalue weighted by atomic mass is 10.1. The molecule has 0 aliphatic heterocycles. The molecule has 0 amide bonds. The predicted octanol–water partition coefficient (Wildman–Crippen LogP) is 1.69. The number of hydrogen-bond donors (Lipinski definition) is 0. The van der Waals surface area contributed by atoms with Gasteiger partial charge in [-0.1, -0.05) is 6.08 Å². The van der Waals surface area contributed by atoms with E-state index in [4.69, 9.17) is 0 Å². The van der Waals surface area contributed by atoms with Gasteiger partial charge < -0.3 is 0 Å². The minimum absolute atomic E-state index is 0.594. The first kappa shape index (κ1) is 7.83. The molecular weight excluding hydrogens is 158 g/mol. The molecule has 1 aliphatic rings. The molecule has 0 saturated carbocycles. The van der Waals surface area contributed by atoms with Crippen molar-refractivity contribution in [2.45, 2.75) is 6.42 Å². The van der Waals surface area contributed by atoms with Crippen LogP contribution in [0.5, 0.6) is 0 Å². The second kappa shape index (κ2) is 3.79. The van der Waals surface area contributed by atoms with Gasteiger partial charge in [-0.05, 0) is 24.4 Å². The molecule has 0 bridgehead atoms. The summed E-state index contributed by atoms with van der Waals surface area (Å²) < 4.78 is 0. The minimum atomic E-state index is 0.594. The molecule has 0 aromatic heterocycles. The van der Waals surface area contributed by atoms with Gasteiger partial charge in [-0.3, -0.25) is 0 Å². The van der Waals surface area contributed by atoms with Crippen LogP contribution in [0.15, 0.2) is 34.5 Å². The Balaban J connectivity index is 2.97. The third kappa shape index (κ3) is 2.10. The van der Waals surface area contributed by atoms with Crippen molar-refractivity contribution in [3.63, 3.8) is 0 Å². The van der Waals surface area contributed by atoms with Crippen LogP contribution in [0.4, 0.5) is 0 Å². The molecular formula is C8H5NOS. The summed E-state index contributed by atoms with van der Waals surface area (Å²) in [6.45, 7) is 0. The molecule has 1 rings (SSSR count). The van der Waals surface area contributed by atoms with Gasteiger partial charge in [0.1, 0.15) is 5.94 Å². The van der Waals surface area contributed by atoms with Crippen LogP contribution < -0.4 is 0 Å². The highest BCUT2D eigenvalue weighted by atomic mass is 32.1. The SMILES string of the molecule is O=C=C1C=C(N=C=S)C=CC1. The minimum Gasteiger partial charge on any atom is -0.233 e. The number of isothiocyanates is 1. The van der Waals surface area contributed by atoms with Gasteiger partial charge in [-0.15, -0.1) is 0 Å². The molecule has 0 N–H and O–H groups in total.